The van der Waals surface area contributed by atoms with Crippen molar-refractivity contribution >= 4 is 17.9 Å². The Morgan fingerprint density at radius 1 is 0.886 bits per heavy atom. The minimum atomic E-state index is -1.10. The maximum Gasteiger partial charge on any atom is 0.324 e. The monoisotopic (exact) mass is 596 g/mol. The number of ether oxygens (including phenoxy) is 3. The molecule has 1 atom stereocenters. The van der Waals surface area contributed by atoms with E-state index in [1.54, 1.807) is 20.8 Å². The highest BCUT2D eigenvalue weighted by molar-refractivity contribution is 5.82. The molecule has 0 spiro atoms. The SMILES string of the molecule is COCOc1cc([N+](=O)[O-])c(CC(NC(c2ccccc2)(c2ccccc2)c2ccccc2)C(=O)OC(C)(C)C)cc1C=O. The highest BCUT2D eigenvalue weighted by atomic mass is 16.7. The summed E-state index contributed by atoms with van der Waals surface area (Å²) in [6.07, 6.45) is 0.390. The van der Waals surface area contributed by atoms with Crippen molar-refractivity contribution in [2.24, 2.45) is 0 Å². The van der Waals surface area contributed by atoms with Crippen molar-refractivity contribution in [3.63, 3.8) is 0 Å². The highest BCUT2D eigenvalue weighted by Gasteiger charge is 2.41. The zero-order valence-corrected chi connectivity index (χ0v) is 25.2. The zero-order chi connectivity index (χ0) is 31.7. The van der Waals surface area contributed by atoms with Crippen molar-refractivity contribution in [3.05, 3.63) is 141 Å². The van der Waals surface area contributed by atoms with E-state index in [1.807, 2.05) is 91.0 Å². The van der Waals surface area contributed by atoms with Crippen LogP contribution in [0.25, 0.3) is 0 Å². The molecule has 4 aromatic carbocycles. The van der Waals surface area contributed by atoms with Crippen LogP contribution in [-0.4, -0.2) is 42.7 Å². The van der Waals surface area contributed by atoms with Crippen molar-refractivity contribution in [1.29, 1.82) is 0 Å². The average Bonchev–Trinajstić information content (AvgIpc) is 3.02. The van der Waals surface area contributed by atoms with Gasteiger partial charge in [-0.1, -0.05) is 91.0 Å². The lowest BCUT2D eigenvalue weighted by Gasteiger charge is -2.40. The van der Waals surface area contributed by atoms with E-state index in [0.29, 0.717) is 6.29 Å². The van der Waals surface area contributed by atoms with Crippen LogP contribution in [0.2, 0.25) is 0 Å². The summed E-state index contributed by atoms with van der Waals surface area (Å²) in [5.41, 5.74) is 0.562. The lowest BCUT2D eigenvalue weighted by Crippen LogP contribution is -2.54. The maximum absolute atomic E-state index is 14.0. The van der Waals surface area contributed by atoms with Gasteiger partial charge in [0.05, 0.1) is 22.1 Å². The molecule has 0 aliphatic rings. The second-order valence-corrected chi connectivity index (χ2v) is 11.2. The molecule has 0 saturated heterocycles. The van der Waals surface area contributed by atoms with Gasteiger partial charge in [0.25, 0.3) is 5.69 Å². The third-order valence-corrected chi connectivity index (χ3v) is 6.99. The number of rotatable bonds is 13. The molecule has 0 aromatic heterocycles. The van der Waals surface area contributed by atoms with Gasteiger partial charge in [0.2, 0.25) is 0 Å². The predicted molar refractivity (Wildman–Crippen MR) is 167 cm³/mol. The Morgan fingerprint density at radius 2 is 1.39 bits per heavy atom. The second kappa shape index (κ2) is 14.1. The summed E-state index contributed by atoms with van der Waals surface area (Å²) in [5.74, 6) is -0.599. The number of nitrogens with one attached hydrogen (secondary N) is 1. The van der Waals surface area contributed by atoms with Gasteiger partial charge in [-0.25, -0.2) is 0 Å². The van der Waals surface area contributed by atoms with Gasteiger partial charge >= 0.3 is 5.97 Å². The summed E-state index contributed by atoms with van der Waals surface area (Å²) in [6.45, 7) is 5.08. The number of carbonyl (C=O) groups is 2. The van der Waals surface area contributed by atoms with E-state index in [-0.39, 0.29) is 35.8 Å². The molecule has 1 unspecified atom stereocenters. The number of carbonyl (C=O) groups excluding carboxylic acids is 2. The van der Waals surface area contributed by atoms with Crippen molar-refractivity contribution in [2.45, 2.75) is 44.4 Å². The van der Waals surface area contributed by atoms with Crippen LogP contribution in [0.1, 0.15) is 53.4 Å². The van der Waals surface area contributed by atoms with E-state index >= 15 is 0 Å². The largest absolute Gasteiger partial charge is 0.467 e. The number of nitro benzene ring substituents is 1. The first-order valence-corrected chi connectivity index (χ1v) is 14.1. The number of methoxy groups -OCH3 is 1. The lowest BCUT2D eigenvalue weighted by molar-refractivity contribution is -0.385. The minimum Gasteiger partial charge on any atom is -0.467 e. The average molecular weight is 597 g/mol. The van der Waals surface area contributed by atoms with E-state index in [9.17, 15) is 19.7 Å². The molecule has 0 radical (unpaired) electrons. The first-order chi connectivity index (χ1) is 21.1. The van der Waals surface area contributed by atoms with Crippen LogP contribution in [0.15, 0.2) is 103 Å². The number of benzene rings is 4. The highest BCUT2D eigenvalue weighted by Crippen LogP contribution is 2.38. The molecule has 4 aromatic rings. The molecule has 9 nitrogen and oxygen atoms in total. The Bertz CT molecular complexity index is 1470. The standard InChI is InChI=1S/C35H36N2O7/c1-34(2,3)44-33(39)30(21-25-20-26(23-38)32(43-24-42-4)22-31(25)37(40)41)36-35(27-14-8-5-9-15-27,28-16-10-6-11-17-28)29-18-12-7-13-19-29/h5-20,22-23,30,36H,21,24H2,1-4H3. The molecular formula is C35H36N2O7. The number of aldehydes is 1. The molecule has 0 heterocycles. The van der Waals surface area contributed by atoms with Crippen LogP contribution in [-0.2, 0) is 26.2 Å². The molecule has 1 N–H and O–H groups in total. The zero-order valence-electron chi connectivity index (χ0n) is 25.2. The second-order valence-electron chi connectivity index (χ2n) is 11.2. The van der Waals surface area contributed by atoms with Gasteiger partial charge in [-0.05, 0) is 43.5 Å². The van der Waals surface area contributed by atoms with Crippen molar-refractivity contribution < 1.29 is 28.7 Å². The Hall–Kier alpha value is -4.86. The van der Waals surface area contributed by atoms with Crippen LogP contribution >= 0.6 is 0 Å². The summed E-state index contributed by atoms with van der Waals surface area (Å²) in [5, 5.41) is 15.9. The van der Waals surface area contributed by atoms with Crippen LogP contribution in [0.4, 0.5) is 5.69 Å². The molecule has 0 saturated carbocycles. The number of nitro groups is 1. The molecule has 228 valence electrons. The van der Waals surface area contributed by atoms with Gasteiger partial charge in [0, 0.05) is 19.1 Å². The van der Waals surface area contributed by atoms with Gasteiger partial charge in [0.1, 0.15) is 17.4 Å². The first kappa shape index (κ1) is 32.1. The topological polar surface area (TPSA) is 117 Å². The molecule has 0 bridgehead atoms. The summed E-state index contributed by atoms with van der Waals surface area (Å²) in [4.78, 5) is 37.7. The third-order valence-electron chi connectivity index (χ3n) is 6.99. The summed E-state index contributed by atoms with van der Waals surface area (Å²) in [7, 11) is 1.40. The van der Waals surface area contributed by atoms with Crippen molar-refractivity contribution in [1.82, 2.24) is 5.32 Å². The van der Waals surface area contributed by atoms with Crippen molar-refractivity contribution in [3.8, 4) is 5.75 Å². The van der Waals surface area contributed by atoms with Gasteiger partial charge in [-0.3, -0.25) is 25.0 Å². The van der Waals surface area contributed by atoms with Crippen LogP contribution in [0, 0.1) is 10.1 Å². The molecule has 44 heavy (non-hydrogen) atoms. The van der Waals surface area contributed by atoms with E-state index in [2.05, 4.69) is 5.32 Å². The number of hydrogen-bond donors (Lipinski definition) is 1. The smallest absolute Gasteiger partial charge is 0.324 e. The molecule has 4 rings (SSSR count). The quantitative estimate of drug-likeness (QED) is 0.0483. The predicted octanol–water partition coefficient (Wildman–Crippen LogP) is 6.22. The van der Waals surface area contributed by atoms with Crippen LogP contribution < -0.4 is 10.1 Å². The third kappa shape index (κ3) is 7.37. The number of esters is 1. The summed E-state index contributed by atoms with van der Waals surface area (Å²) < 4.78 is 16.2. The first-order valence-electron chi connectivity index (χ1n) is 14.1. The van der Waals surface area contributed by atoms with Gasteiger partial charge in [-0.2, -0.15) is 0 Å². The van der Waals surface area contributed by atoms with E-state index in [1.165, 1.54) is 19.2 Å². The lowest BCUT2D eigenvalue weighted by atomic mass is 9.76. The van der Waals surface area contributed by atoms with Gasteiger partial charge < -0.3 is 14.2 Å². The number of hydrogen-bond acceptors (Lipinski definition) is 8. The van der Waals surface area contributed by atoms with Crippen molar-refractivity contribution in [2.75, 3.05) is 13.9 Å². The fraction of sp³-hybridized carbons (Fsp3) is 0.257. The Labute approximate surface area is 256 Å². The van der Waals surface area contributed by atoms with Gasteiger partial charge in [0.15, 0.2) is 13.1 Å². The van der Waals surface area contributed by atoms with E-state index in [0.717, 1.165) is 16.7 Å². The van der Waals surface area contributed by atoms with E-state index < -0.39 is 28.1 Å². The van der Waals surface area contributed by atoms with Crippen LogP contribution in [0.3, 0.4) is 0 Å². The fourth-order valence-electron chi connectivity index (χ4n) is 5.17. The summed E-state index contributed by atoms with van der Waals surface area (Å²) in [6, 6.07) is 30.5. The summed E-state index contributed by atoms with van der Waals surface area (Å²) >= 11 is 0. The normalized spacial score (nSPS) is 12.3. The number of nitrogens with zero attached hydrogens (tertiary/aromatic N) is 1. The minimum absolute atomic E-state index is 0.00582. The Kier molecular flexibility index (Phi) is 10.3. The maximum atomic E-state index is 14.0. The molecular weight excluding hydrogens is 560 g/mol. The molecule has 0 fully saturated rings. The Morgan fingerprint density at radius 3 is 1.80 bits per heavy atom. The molecule has 0 aliphatic carbocycles. The van der Waals surface area contributed by atoms with E-state index in [4.69, 9.17) is 14.2 Å². The molecule has 0 aliphatic heterocycles. The molecule has 9 heteroatoms. The molecule has 0 amide bonds. The fourth-order valence-corrected chi connectivity index (χ4v) is 5.17. The van der Waals surface area contributed by atoms with Crippen LogP contribution in [0.5, 0.6) is 5.75 Å². The Balaban J connectivity index is 1.94. The van der Waals surface area contributed by atoms with Gasteiger partial charge in [-0.15, -0.1) is 0 Å².